The molecule has 0 aromatic heterocycles. The zero-order valence-electron chi connectivity index (χ0n) is 9.62. The zero-order chi connectivity index (χ0) is 11.8. The fraction of sp³-hybridized carbons (Fsp3) is 0.231. The fourth-order valence-electron chi connectivity index (χ4n) is 1.01. The van der Waals surface area contributed by atoms with E-state index in [1.165, 1.54) is 0 Å². The van der Waals surface area contributed by atoms with Crippen LogP contribution in [0.4, 0.5) is 0 Å². The summed E-state index contributed by atoms with van der Waals surface area (Å²) in [5.74, 6) is 0. The van der Waals surface area contributed by atoms with Crippen molar-refractivity contribution >= 4 is 10.8 Å². The van der Waals surface area contributed by atoms with Gasteiger partial charge in [0.2, 0.25) is 0 Å². The van der Waals surface area contributed by atoms with E-state index in [1.807, 2.05) is 32.1 Å². The van der Waals surface area contributed by atoms with Crippen LogP contribution in [0, 0.1) is 0 Å². The third-order valence-corrected chi connectivity index (χ3v) is 2.89. The Morgan fingerprint density at radius 1 is 1.33 bits per heavy atom. The van der Waals surface area contributed by atoms with Crippen LogP contribution in [0.2, 0.25) is 0 Å². The van der Waals surface area contributed by atoms with Gasteiger partial charge >= 0.3 is 0 Å². The van der Waals surface area contributed by atoms with Crippen LogP contribution < -0.4 is 0 Å². The summed E-state index contributed by atoms with van der Waals surface area (Å²) in [7, 11) is -1.03. The SMILES string of the molecule is C=C/C=C(\C(=C)/C(C)=C/C=C\C)S(C)=O. The molecule has 0 spiro atoms. The first-order valence-electron chi connectivity index (χ1n) is 4.70. The first kappa shape index (κ1) is 13.8. The molecule has 0 radical (unpaired) electrons. The van der Waals surface area contributed by atoms with E-state index in [1.54, 1.807) is 18.4 Å². The predicted molar refractivity (Wildman–Crippen MR) is 70.1 cm³/mol. The molecule has 82 valence electrons. The highest BCUT2D eigenvalue weighted by Crippen LogP contribution is 2.19. The van der Waals surface area contributed by atoms with Gasteiger partial charge in [-0.15, -0.1) is 0 Å². The lowest BCUT2D eigenvalue weighted by molar-refractivity contribution is 0.690. The molecule has 1 nitrogen and oxygen atoms in total. The van der Waals surface area contributed by atoms with Gasteiger partial charge in [-0.3, -0.25) is 4.21 Å². The molecule has 0 aliphatic carbocycles. The highest BCUT2D eigenvalue weighted by molar-refractivity contribution is 7.88. The molecule has 0 aromatic carbocycles. The van der Waals surface area contributed by atoms with Crippen molar-refractivity contribution in [2.24, 2.45) is 0 Å². The van der Waals surface area contributed by atoms with Crippen LogP contribution in [0.15, 0.2) is 59.6 Å². The van der Waals surface area contributed by atoms with Crippen molar-refractivity contribution in [1.82, 2.24) is 0 Å². The Bertz CT molecular complexity index is 357. The van der Waals surface area contributed by atoms with E-state index >= 15 is 0 Å². The van der Waals surface area contributed by atoms with Gasteiger partial charge < -0.3 is 0 Å². The Hall–Kier alpha value is -1.15. The van der Waals surface area contributed by atoms with Crippen molar-refractivity contribution in [1.29, 1.82) is 0 Å². The summed E-state index contributed by atoms with van der Waals surface area (Å²) in [6.07, 6.45) is 10.8. The smallest absolute Gasteiger partial charge is 0.0504 e. The molecule has 0 aliphatic heterocycles. The Morgan fingerprint density at radius 3 is 2.33 bits per heavy atom. The van der Waals surface area contributed by atoms with Crippen molar-refractivity contribution in [3.05, 3.63) is 59.6 Å². The van der Waals surface area contributed by atoms with E-state index in [4.69, 9.17) is 0 Å². The maximum absolute atomic E-state index is 11.4. The average molecular weight is 222 g/mol. The Kier molecular flexibility index (Phi) is 6.63. The number of rotatable bonds is 5. The second kappa shape index (κ2) is 7.18. The molecule has 0 saturated carbocycles. The van der Waals surface area contributed by atoms with Gasteiger partial charge in [-0.2, -0.15) is 0 Å². The largest absolute Gasteiger partial charge is 0.255 e. The summed E-state index contributed by atoms with van der Waals surface area (Å²) >= 11 is 0. The first-order valence-corrected chi connectivity index (χ1v) is 6.25. The molecule has 0 aromatic rings. The van der Waals surface area contributed by atoms with E-state index in [0.29, 0.717) is 0 Å². The molecule has 1 unspecified atom stereocenters. The summed E-state index contributed by atoms with van der Waals surface area (Å²) in [5, 5.41) is 0. The van der Waals surface area contributed by atoms with E-state index in [9.17, 15) is 4.21 Å². The lowest BCUT2D eigenvalue weighted by atomic mass is 10.1. The van der Waals surface area contributed by atoms with E-state index in [-0.39, 0.29) is 0 Å². The topological polar surface area (TPSA) is 17.1 Å². The molecule has 0 aliphatic rings. The standard InChI is InChI=1S/C13H18OS/c1-6-8-10-11(3)12(4)13(9-7-2)15(5)14/h6-10H,2,4H2,1,3,5H3/b8-6-,11-10+,13-9+. The minimum absolute atomic E-state index is 0.725. The van der Waals surface area contributed by atoms with Crippen LogP contribution in [0.5, 0.6) is 0 Å². The second-order valence-electron chi connectivity index (χ2n) is 3.07. The third-order valence-electron chi connectivity index (χ3n) is 1.89. The lowest BCUT2D eigenvalue weighted by Crippen LogP contribution is -1.96. The maximum atomic E-state index is 11.4. The molecule has 0 rings (SSSR count). The third kappa shape index (κ3) is 4.75. The molecule has 2 heteroatoms. The number of allylic oxidation sites excluding steroid dienone is 7. The van der Waals surface area contributed by atoms with Crippen LogP contribution in [0.3, 0.4) is 0 Å². The summed E-state index contributed by atoms with van der Waals surface area (Å²) < 4.78 is 11.4. The molecule has 0 bridgehead atoms. The normalized spacial score (nSPS) is 15.4. The molecule has 1 atom stereocenters. The van der Waals surface area contributed by atoms with Gasteiger partial charge in [0.15, 0.2) is 0 Å². The summed E-state index contributed by atoms with van der Waals surface area (Å²) in [4.78, 5) is 0.725. The van der Waals surface area contributed by atoms with Crippen LogP contribution >= 0.6 is 0 Å². The molecular weight excluding hydrogens is 204 g/mol. The van der Waals surface area contributed by atoms with Crippen LogP contribution in [0.1, 0.15) is 13.8 Å². The second-order valence-corrected chi connectivity index (χ2v) is 4.42. The quantitative estimate of drug-likeness (QED) is 0.651. The van der Waals surface area contributed by atoms with Crippen LogP contribution in [-0.2, 0) is 10.8 Å². The van der Waals surface area contributed by atoms with Crippen LogP contribution in [0.25, 0.3) is 0 Å². The Morgan fingerprint density at radius 2 is 1.93 bits per heavy atom. The van der Waals surface area contributed by atoms with Gasteiger partial charge in [0.05, 0.1) is 10.8 Å². The van der Waals surface area contributed by atoms with Crippen molar-refractivity contribution < 1.29 is 4.21 Å². The summed E-state index contributed by atoms with van der Waals surface area (Å²) in [5.41, 5.74) is 1.81. The fourth-order valence-corrected chi connectivity index (χ4v) is 1.81. The molecular formula is C13H18OS. The number of hydrogen-bond acceptors (Lipinski definition) is 1. The van der Waals surface area contributed by atoms with E-state index < -0.39 is 10.8 Å². The van der Waals surface area contributed by atoms with Crippen LogP contribution in [-0.4, -0.2) is 10.5 Å². The minimum Gasteiger partial charge on any atom is -0.255 e. The highest BCUT2D eigenvalue weighted by atomic mass is 32.2. The zero-order valence-corrected chi connectivity index (χ0v) is 10.4. The van der Waals surface area contributed by atoms with Gasteiger partial charge in [-0.25, -0.2) is 0 Å². The van der Waals surface area contributed by atoms with E-state index in [2.05, 4.69) is 13.2 Å². The monoisotopic (exact) mass is 222 g/mol. The first-order chi connectivity index (χ1) is 7.04. The Balaban J connectivity index is 5.04. The van der Waals surface area contributed by atoms with Crippen molar-refractivity contribution in [2.75, 3.05) is 6.26 Å². The van der Waals surface area contributed by atoms with Gasteiger partial charge in [-0.05, 0) is 31.1 Å². The van der Waals surface area contributed by atoms with E-state index in [0.717, 1.165) is 16.1 Å². The van der Waals surface area contributed by atoms with Gasteiger partial charge in [0, 0.05) is 11.2 Å². The number of hydrogen-bond donors (Lipinski definition) is 0. The Labute approximate surface area is 95.0 Å². The summed E-state index contributed by atoms with van der Waals surface area (Å²) in [6.45, 7) is 11.4. The van der Waals surface area contributed by atoms with Crippen molar-refractivity contribution in [3.63, 3.8) is 0 Å². The summed E-state index contributed by atoms with van der Waals surface area (Å²) in [6, 6.07) is 0. The lowest BCUT2D eigenvalue weighted by Gasteiger charge is -2.07. The molecule has 0 amide bonds. The van der Waals surface area contributed by atoms with Gasteiger partial charge in [-0.1, -0.05) is 37.5 Å². The molecule has 0 saturated heterocycles. The molecule has 0 fully saturated rings. The van der Waals surface area contributed by atoms with Gasteiger partial charge in [0.1, 0.15) is 0 Å². The molecule has 0 heterocycles. The van der Waals surface area contributed by atoms with Crippen molar-refractivity contribution in [3.8, 4) is 0 Å². The maximum Gasteiger partial charge on any atom is 0.0504 e. The molecule has 15 heavy (non-hydrogen) atoms. The van der Waals surface area contributed by atoms with Crippen molar-refractivity contribution in [2.45, 2.75) is 13.8 Å². The minimum atomic E-state index is -1.03. The highest BCUT2D eigenvalue weighted by Gasteiger charge is 2.07. The average Bonchev–Trinajstić information content (AvgIpc) is 2.21. The molecule has 0 N–H and O–H groups in total. The predicted octanol–water partition coefficient (Wildman–Crippen LogP) is 3.51. The van der Waals surface area contributed by atoms with Gasteiger partial charge in [0.25, 0.3) is 0 Å².